The Labute approximate surface area is 113 Å². The van der Waals surface area contributed by atoms with Gasteiger partial charge in [0.25, 0.3) is 0 Å². The molecule has 0 bridgehead atoms. The van der Waals surface area contributed by atoms with Crippen LogP contribution < -0.4 is 4.74 Å². The molecule has 0 aliphatic heterocycles. The Hall–Kier alpha value is -1.22. The smallest absolute Gasteiger partial charge is 0.227 e. The lowest BCUT2D eigenvalue weighted by Gasteiger charge is -2.21. The molecule has 3 nitrogen and oxygen atoms in total. The van der Waals surface area contributed by atoms with Crippen LogP contribution in [0.5, 0.6) is 5.75 Å². The van der Waals surface area contributed by atoms with Crippen molar-refractivity contribution in [3.05, 3.63) is 29.8 Å². The van der Waals surface area contributed by atoms with Gasteiger partial charge in [0.15, 0.2) is 0 Å². The predicted octanol–water partition coefficient (Wildman–Crippen LogP) is 2.47. The van der Waals surface area contributed by atoms with E-state index in [1.165, 1.54) is 0 Å². The van der Waals surface area contributed by atoms with E-state index < -0.39 is 0 Å². The molecule has 1 aliphatic carbocycles. The first kappa shape index (κ1) is 13.2. The van der Waals surface area contributed by atoms with E-state index in [2.05, 4.69) is 0 Å². The summed E-state index contributed by atoms with van der Waals surface area (Å²) >= 11 is 5.76. The van der Waals surface area contributed by atoms with Crippen LogP contribution in [-0.2, 0) is 11.2 Å². The summed E-state index contributed by atoms with van der Waals surface area (Å²) in [5.41, 5.74) is 0.935. The SMILES string of the molecule is COc1ccccc1CC(=O)N(CCCl)C1CC1. The maximum Gasteiger partial charge on any atom is 0.227 e. The summed E-state index contributed by atoms with van der Waals surface area (Å²) in [5, 5.41) is 0. The van der Waals surface area contributed by atoms with Crippen molar-refractivity contribution in [3.63, 3.8) is 0 Å². The number of alkyl halides is 1. The Balaban J connectivity index is 2.04. The summed E-state index contributed by atoms with van der Waals surface area (Å²) in [6.07, 6.45) is 2.60. The third-order valence-electron chi connectivity index (χ3n) is 3.17. The lowest BCUT2D eigenvalue weighted by Crippen LogP contribution is -2.35. The average Bonchev–Trinajstić information content (AvgIpc) is 3.20. The van der Waals surface area contributed by atoms with E-state index >= 15 is 0 Å². The van der Waals surface area contributed by atoms with Crippen molar-refractivity contribution in [1.29, 1.82) is 0 Å². The van der Waals surface area contributed by atoms with Gasteiger partial charge in [0, 0.05) is 24.0 Å². The number of rotatable bonds is 6. The first-order valence-electron chi connectivity index (χ1n) is 6.23. The molecule has 0 spiro atoms. The lowest BCUT2D eigenvalue weighted by molar-refractivity contribution is -0.130. The molecular weight excluding hydrogens is 250 g/mol. The minimum absolute atomic E-state index is 0.141. The summed E-state index contributed by atoms with van der Waals surface area (Å²) in [7, 11) is 1.63. The second-order valence-electron chi connectivity index (χ2n) is 4.50. The van der Waals surface area contributed by atoms with Gasteiger partial charge in [0.05, 0.1) is 13.5 Å². The second-order valence-corrected chi connectivity index (χ2v) is 4.87. The maximum atomic E-state index is 12.3. The van der Waals surface area contributed by atoms with Crippen LogP contribution in [0.3, 0.4) is 0 Å². The highest BCUT2D eigenvalue weighted by Gasteiger charge is 2.32. The van der Waals surface area contributed by atoms with Gasteiger partial charge in [-0.3, -0.25) is 4.79 Å². The third kappa shape index (κ3) is 3.16. The Morgan fingerprint density at radius 1 is 1.44 bits per heavy atom. The molecule has 0 saturated heterocycles. The molecule has 0 atom stereocenters. The van der Waals surface area contributed by atoms with Gasteiger partial charge in [-0.05, 0) is 18.9 Å². The van der Waals surface area contributed by atoms with E-state index in [0.717, 1.165) is 24.2 Å². The highest BCUT2D eigenvalue weighted by molar-refractivity contribution is 6.18. The highest BCUT2D eigenvalue weighted by Crippen LogP contribution is 2.28. The van der Waals surface area contributed by atoms with Crippen molar-refractivity contribution in [2.75, 3.05) is 19.5 Å². The van der Waals surface area contributed by atoms with E-state index in [4.69, 9.17) is 16.3 Å². The number of methoxy groups -OCH3 is 1. The summed E-state index contributed by atoms with van der Waals surface area (Å²) in [5.74, 6) is 1.41. The number of ether oxygens (including phenoxy) is 1. The van der Waals surface area contributed by atoms with Crippen LogP contribution in [0.15, 0.2) is 24.3 Å². The number of hydrogen-bond donors (Lipinski definition) is 0. The quantitative estimate of drug-likeness (QED) is 0.741. The number of para-hydroxylation sites is 1. The summed E-state index contributed by atoms with van der Waals surface area (Å²) in [4.78, 5) is 14.2. The normalized spacial score (nSPS) is 14.3. The topological polar surface area (TPSA) is 29.5 Å². The minimum Gasteiger partial charge on any atom is -0.496 e. The molecule has 2 rings (SSSR count). The van der Waals surface area contributed by atoms with Crippen molar-refractivity contribution < 1.29 is 9.53 Å². The number of carbonyl (C=O) groups excluding carboxylic acids is 1. The second kappa shape index (κ2) is 6.10. The van der Waals surface area contributed by atoms with Gasteiger partial charge < -0.3 is 9.64 Å². The maximum absolute atomic E-state index is 12.3. The average molecular weight is 268 g/mol. The molecule has 1 aliphatic rings. The van der Waals surface area contributed by atoms with E-state index in [9.17, 15) is 4.79 Å². The van der Waals surface area contributed by atoms with Crippen LogP contribution in [0.2, 0.25) is 0 Å². The van der Waals surface area contributed by atoms with Crippen LogP contribution in [-0.4, -0.2) is 36.4 Å². The number of amides is 1. The fourth-order valence-electron chi connectivity index (χ4n) is 2.10. The summed E-state index contributed by atoms with van der Waals surface area (Å²) < 4.78 is 5.27. The van der Waals surface area contributed by atoms with Crippen molar-refractivity contribution in [3.8, 4) is 5.75 Å². The van der Waals surface area contributed by atoms with Gasteiger partial charge in [0.2, 0.25) is 5.91 Å². The lowest BCUT2D eigenvalue weighted by atomic mass is 10.1. The molecule has 1 aromatic rings. The van der Waals surface area contributed by atoms with E-state index in [0.29, 0.717) is 24.9 Å². The number of nitrogens with zero attached hydrogens (tertiary/aromatic N) is 1. The number of halogens is 1. The fourth-order valence-corrected chi connectivity index (χ4v) is 2.28. The van der Waals surface area contributed by atoms with Gasteiger partial charge >= 0.3 is 0 Å². The van der Waals surface area contributed by atoms with Gasteiger partial charge in [-0.15, -0.1) is 11.6 Å². The zero-order valence-electron chi connectivity index (χ0n) is 10.6. The summed E-state index contributed by atoms with van der Waals surface area (Å²) in [6, 6.07) is 8.05. The van der Waals surface area contributed by atoms with Crippen LogP contribution in [0.4, 0.5) is 0 Å². The van der Waals surface area contributed by atoms with Crippen LogP contribution in [0.1, 0.15) is 18.4 Å². The molecule has 0 N–H and O–H groups in total. The van der Waals surface area contributed by atoms with E-state index in [-0.39, 0.29) is 5.91 Å². The van der Waals surface area contributed by atoms with Crippen molar-refractivity contribution in [1.82, 2.24) is 4.90 Å². The van der Waals surface area contributed by atoms with Crippen LogP contribution >= 0.6 is 11.6 Å². The first-order chi connectivity index (χ1) is 8.76. The van der Waals surface area contributed by atoms with Gasteiger partial charge in [-0.25, -0.2) is 0 Å². The molecule has 18 heavy (non-hydrogen) atoms. The molecule has 1 saturated carbocycles. The van der Waals surface area contributed by atoms with Crippen molar-refractivity contribution >= 4 is 17.5 Å². The van der Waals surface area contributed by atoms with Crippen molar-refractivity contribution in [2.24, 2.45) is 0 Å². The molecule has 1 aromatic carbocycles. The molecule has 1 amide bonds. The highest BCUT2D eigenvalue weighted by atomic mass is 35.5. The zero-order chi connectivity index (χ0) is 13.0. The Kier molecular flexibility index (Phi) is 4.48. The largest absolute Gasteiger partial charge is 0.496 e. The zero-order valence-corrected chi connectivity index (χ0v) is 11.3. The molecule has 0 aromatic heterocycles. The number of benzene rings is 1. The Bertz CT molecular complexity index is 418. The molecular formula is C14H18ClNO2. The molecule has 1 fully saturated rings. The van der Waals surface area contributed by atoms with Gasteiger partial charge in [0.1, 0.15) is 5.75 Å². The summed E-state index contributed by atoms with van der Waals surface area (Å²) in [6.45, 7) is 0.639. The monoisotopic (exact) mass is 267 g/mol. The third-order valence-corrected chi connectivity index (χ3v) is 3.34. The van der Waals surface area contributed by atoms with Gasteiger partial charge in [-0.2, -0.15) is 0 Å². The van der Waals surface area contributed by atoms with Gasteiger partial charge in [-0.1, -0.05) is 18.2 Å². The molecule has 4 heteroatoms. The fraction of sp³-hybridized carbons (Fsp3) is 0.500. The molecule has 0 unspecified atom stereocenters. The number of carbonyl (C=O) groups is 1. The van der Waals surface area contributed by atoms with Crippen LogP contribution in [0.25, 0.3) is 0 Å². The predicted molar refractivity (Wildman–Crippen MR) is 72.2 cm³/mol. The standard InChI is InChI=1S/C14H18ClNO2/c1-18-13-5-3-2-4-11(13)10-14(17)16(9-8-15)12-6-7-12/h2-5,12H,6-10H2,1H3. The minimum atomic E-state index is 0.141. The Morgan fingerprint density at radius 2 is 2.17 bits per heavy atom. The number of hydrogen-bond acceptors (Lipinski definition) is 2. The molecule has 0 heterocycles. The molecule has 0 radical (unpaired) electrons. The first-order valence-corrected chi connectivity index (χ1v) is 6.77. The van der Waals surface area contributed by atoms with E-state index in [1.807, 2.05) is 29.2 Å². The molecule has 98 valence electrons. The van der Waals surface area contributed by atoms with Crippen LogP contribution in [0, 0.1) is 0 Å². The Morgan fingerprint density at radius 3 is 2.78 bits per heavy atom. The van der Waals surface area contributed by atoms with E-state index in [1.54, 1.807) is 7.11 Å². The van der Waals surface area contributed by atoms with Crippen molar-refractivity contribution in [2.45, 2.75) is 25.3 Å².